The van der Waals surface area contributed by atoms with Crippen LogP contribution in [0, 0.1) is 12.7 Å². The Morgan fingerprint density at radius 2 is 2.05 bits per heavy atom. The minimum atomic E-state index is -3.98. The highest BCUT2D eigenvalue weighted by Gasteiger charge is 2.22. The van der Waals surface area contributed by atoms with Crippen LogP contribution in [0.3, 0.4) is 0 Å². The van der Waals surface area contributed by atoms with Crippen LogP contribution in [0.4, 0.5) is 10.1 Å². The Labute approximate surface area is 121 Å². The minimum absolute atomic E-state index is 0.217. The van der Waals surface area contributed by atoms with Crippen molar-refractivity contribution in [2.45, 2.75) is 31.2 Å². The van der Waals surface area contributed by atoms with Crippen LogP contribution in [0.1, 0.15) is 18.9 Å². The fourth-order valence-corrected chi connectivity index (χ4v) is 3.66. The van der Waals surface area contributed by atoms with Crippen molar-refractivity contribution in [3.8, 4) is 0 Å². The molecule has 1 aromatic carbocycles. The molecule has 3 N–H and O–H groups in total. The fraction of sp³-hybridized carbons (Fsp3) is 0.500. The summed E-state index contributed by atoms with van der Waals surface area (Å²) in [5, 5.41) is 0. The van der Waals surface area contributed by atoms with E-state index in [1.54, 1.807) is 20.1 Å². The van der Waals surface area contributed by atoms with Gasteiger partial charge in [0.05, 0.1) is 0 Å². The molecule has 0 bridgehead atoms. The molecule has 0 aliphatic carbocycles. The second-order valence-corrected chi connectivity index (χ2v) is 7.96. The van der Waals surface area contributed by atoms with Crippen LogP contribution in [0.15, 0.2) is 17.0 Å². The molecule has 0 aliphatic rings. The zero-order chi connectivity index (χ0) is 15.5. The number of aryl methyl sites for hydroxylation is 1. The Hall–Kier alpha value is -0.990. The number of benzene rings is 1. The molecule has 20 heavy (non-hydrogen) atoms. The molecule has 0 radical (unpaired) electrons. The van der Waals surface area contributed by atoms with Crippen LogP contribution in [-0.2, 0) is 20.8 Å². The monoisotopic (exact) mass is 322 g/mol. The van der Waals surface area contributed by atoms with Gasteiger partial charge in [-0.25, -0.2) is 17.5 Å². The summed E-state index contributed by atoms with van der Waals surface area (Å²) in [6.45, 7) is 3.24. The maximum Gasteiger partial charge on any atom is 0.243 e. The zero-order valence-corrected chi connectivity index (χ0v) is 13.3. The van der Waals surface area contributed by atoms with Gasteiger partial charge in [-0.3, -0.25) is 4.21 Å². The molecule has 0 heterocycles. The molecule has 0 fully saturated rings. The van der Waals surface area contributed by atoms with Crippen LogP contribution < -0.4 is 10.5 Å². The highest BCUT2D eigenvalue weighted by molar-refractivity contribution is 7.89. The first-order chi connectivity index (χ1) is 9.13. The van der Waals surface area contributed by atoms with Gasteiger partial charge >= 0.3 is 0 Å². The third-order valence-corrected chi connectivity index (χ3v) is 5.22. The zero-order valence-electron chi connectivity index (χ0n) is 11.6. The number of nitrogens with one attached hydrogen (secondary N) is 1. The van der Waals surface area contributed by atoms with Gasteiger partial charge in [0.1, 0.15) is 10.7 Å². The molecule has 0 saturated carbocycles. The Balaban J connectivity index is 2.94. The van der Waals surface area contributed by atoms with E-state index in [4.69, 9.17) is 5.73 Å². The summed E-state index contributed by atoms with van der Waals surface area (Å²) in [7, 11) is -4.98. The number of hydrogen-bond donors (Lipinski definition) is 2. The number of hydrogen-bond acceptors (Lipinski definition) is 4. The van der Waals surface area contributed by atoms with Crippen molar-refractivity contribution in [3.63, 3.8) is 0 Å². The summed E-state index contributed by atoms with van der Waals surface area (Å²) in [5.74, 6) is -0.460. The van der Waals surface area contributed by atoms with Gasteiger partial charge in [-0.1, -0.05) is 0 Å². The summed E-state index contributed by atoms with van der Waals surface area (Å²) in [4.78, 5) is -0.468. The molecule has 8 heteroatoms. The van der Waals surface area contributed by atoms with Gasteiger partial charge in [-0.2, -0.15) is 0 Å². The van der Waals surface area contributed by atoms with E-state index in [1.165, 1.54) is 0 Å². The Bertz CT molecular complexity index is 617. The van der Waals surface area contributed by atoms with E-state index in [0.717, 1.165) is 12.1 Å². The standard InChI is InChI=1S/C12H19FN2O3S2/c1-8-6-10(13)12(7-11(8)14)20(17,18)15-9(2)4-5-19(3)16/h6-7,9,15H,4-5,14H2,1-3H3. The molecule has 0 saturated heterocycles. The van der Waals surface area contributed by atoms with Gasteiger partial charge in [0.25, 0.3) is 0 Å². The third-order valence-electron chi connectivity index (χ3n) is 2.80. The predicted molar refractivity (Wildman–Crippen MR) is 78.9 cm³/mol. The van der Waals surface area contributed by atoms with E-state index in [1.807, 2.05) is 0 Å². The van der Waals surface area contributed by atoms with Crippen molar-refractivity contribution in [3.05, 3.63) is 23.5 Å². The number of nitrogens with two attached hydrogens (primary N) is 1. The lowest BCUT2D eigenvalue weighted by Crippen LogP contribution is -2.34. The molecule has 1 aromatic rings. The largest absolute Gasteiger partial charge is 0.398 e. The molecule has 5 nitrogen and oxygen atoms in total. The summed E-state index contributed by atoms with van der Waals surface area (Å²) in [6.07, 6.45) is 1.95. The second kappa shape index (κ2) is 6.64. The van der Waals surface area contributed by atoms with Crippen LogP contribution in [0.25, 0.3) is 0 Å². The van der Waals surface area contributed by atoms with E-state index in [2.05, 4.69) is 4.72 Å². The lowest BCUT2D eigenvalue weighted by atomic mass is 10.2. The van der Waals surface area contributed by atoms with E-state index in [0.29, 0.717) is 17.7 Å². The molecule has 0 spiro atoms. The average Bonchev–Trinajstić information content (AvgIpc) is 2.30. The average molecular weight is 322 g/mol. The molecule has 2 atom stereocenters. The molecule has 0 amide bonds. The van der Waals surface area contributed by atoms with Crippen LogP contribution in [-0.4, -0.2) is 30.7 Å². The summed E-state index contributed by atoms with van der Waals surface area (Å²) in [6, 6.07) is 1.76. The Kier molecular flexibility index (Phi) is 5.67. The summed E-state index contributed by atoms with van der Waals surface area (Å²) >= 11 is 0. The maximum absolute atomic E-state index is 13.8. The van der Waals surface area contributed by atoms with E-state index in [9.17, 15) is 17.0 Å². The quantitative estimate of drug-likeness (QED) is 0.769. The first-order valence-electron chi connectivity index (χ1n) is 6.01. The molecule has 0 aromatic heterocycles. The van der Waals surface area contributed by atoms with Gasteiger partial charge in [-0.15, -0.1) is 0 Å². The number of sulfonamides is 1. The molecule has 0 aliphatic heterocycles. The predicted octanol–water partition coefficient (Wildman–Crippen LogP) is 1.15. The Morgan fingerprint density at radius 1 is 1.45 bits per heavy atom. The van der Waals surface area contributed by atoms with Gasteiger partial charge in [0, 0.05) is 34.5 Å². The van der Waals surface area contributed by atoms with Crippen molar-refractivity contribution in [2.75, 3.05) is 17.7 Å². The highest BCUT2D eigenvalue weighted by atomic mass is 32.2. The first kappa shape index (κ1) is 17.1. The van der Waals surface area contributed by atoms with E-state index < -0.39 is 37.6 Å². The molecule has 2 unspecified atom stereocenters. The third kappa shape index (κ3) is 4.53. The van der Waals surface area contributed by atoms with E-state index >= 15 is 0 Å². The van der Waals surface area contributed by atoms with Gasteiger partial charge in [-0.05, 0) is 38.0 Å². The van der Waals surface area contributed by atoms with Crippen LogP contribution in [0.2, 0.25) is 0 Å². The molecule has 114 valence electrons. The van der Waals surface area contributed by atoms with Crippen molar-refractivity contribution < 1.29 is 17.0 Å². The number of nitrogen functional groups attached to an aromatic ring is 1. The topological polar surface area (TPSA) is 89.3 Å². The normalized spacial score (nSPS) is 15.0. The molecule has 1 rings (SSSR count). The minimum Gasteiger partial charge on any atom is -0.398 e. The van der Waals surface area contributed by atoms with Crippen LogP contribution in [0.5, 0.6) is 0 Å². The van der Waals surface area contributed by atoms with Gasteiger partial charge in [0.15, 0.2) is 0 Å². The van der Waals surface area contributed by atoms with Gasteiger partial charge < -0.3 is 5.73 Å². The van der Waals surface area contributed by atoms with Crippen molar-refractivity contribution in [2.24, 2.45) is 0 Å². The Morgan fingerprint density at radius 3 is 2.60 bits per heavy atom. The van der Waals surface area contributed by atoms with Crippen molar-refractivity contribution >= 4 is 26.5 Å². The highest BCUT2D eigenvalue weighted by Crippen LogP contribution is 2.21. The number of anilines is 1. The number of rotatable bonds is 6. The van der Waals surface area contributed by atoms with Crippen molar-refractivity contribution in [1.29, 1.82) is 0 Å². The van der Waals surface area contributed by atoms with Gasteiger partial charge in [0.2, 0.25) is 10.0 Å². The smallest absolute Gasteiger partial charge is 0.243 e. The van der Waals surface area contributed by atoms with Crippen LogP contribution >= 0.6 is 0 Å². The summed E-state index contributed by atoms with van der Waals surface area (Å²) in [5.41, 5.74) is 6.32. The van der Waals surface area contributed by atoms with Crippen molar-refractivity contribution in [1.82, 2.24) is 4.72 Å². The lowest BCUT2D eigenvalue weighted by molar-refractivity contribution is 0.539. The SMILES string of the molecule is Cc1cc(F)c(S(=O)(=O)NC(C)CCS(C)=O)cc1N. The van der Waals surface area contributed by atoms with E-state index in [-0.39, 0.29) is 5.69 Å². The first-order valence-corrected chi connectivity index (χ1v) is 9.22. The fourth-order valence-electron chi connectivity index (χ4n) is 1.60. The molecular weight excluding hydrogens is 303 g/mol. The number of halogens is 1. The second-order valence-electron chi connectivity index (χ2n) is 4.73. The lowest BCUT2D eigenvalue weighted by Gasteiger charge is -2.15. The maximum atomic E-state index is 13.8. The summed E-state index contributed by atoms with van der Waals surface area (Å²) < 4.78 is 51.3. The molecular formula is C12H19FN2O3S2.